The van der Waals surface area contributed by atoms with Crippen LogP contribution in [0.15, 0.2) is 12.7 Å². The zero-order valence-electron chi connectivity index (χ0n) is 21.3. The Kier molecular flexibility index (Phi) is 6.98. The molecule has 0 spiro atoms. The summed E-state index contributed by atoms with van der Waals surface area (Å²) in [5.74, 6) is 2.51. The van der Waals surface area contributed by atoms with Crippen molar-refractivity contribution in [2.45, 2.75) is 103 Å². The molecule has 0 aromatic carbocycles. The standard InChI is InChI=1S/C29H44O5/c1-4-26(31)33-18-25(30)24-11-10-22-21-9-8-19-17-20(34-27-7-5-6-16-32-27)12-14-28(19,2)23(21)13-15-29(22,24)3/h4,19-24,27H,1,5-18H2,2-3H3/t19-,20-,21-,22-,23-,24+,27-,28-,29-/m0/s1. The number of fused-ring (bicyclic) bond motifs is 5. The van der Waals surface area contributed by atoms with Crippen molar-refractivity contribution in [2.75, 3.05) is 13.2 Å². The Morgan fingerprint density at radius 3 is 2.53 bits per heavy atom. The fourth-order valence-electron chi connectivity index (χ4n) is 9.21. The van der Waals surface area contributed by atoms with Crippen molar-refractivity contribution >= 4 is 11.8 Å². The van der Waals surface area contributed by atoms with E-state index < -0.39 is 5.97 Å². The van der Waals surface area contributed by atoms with Crippen LogP contribution >= 0.6 is 0 Å². The van der Waals surface area contributed by atoms with Gasteiger partial charge in [0.1, 0.15) is 0 Å². The second-order valence-corrected chi connectivity index (χ2v) is 12.4. The highest BCUT2D eigenvalue weighted by atomic mass is 16.7. The summed E-state index contributed by atoms with van der Waals surface area (Å²) < 4.78 is 17.4. The fourth-order valence-corrected chi connectivity index (χ4v) is 9.21. The lowest BCUT2D eigenvalue weighted by Gasteiger charge is -2.61. The van der Waals surface area contributed by atoms with Crippen molar-refractivity contribution < 1.29 is 23.8 Å². The summed E-state index contributed by atoms with van der Waals surface area (Å²) in [6, 6.07) is 0. The number of hydrogen-bond acceptors (Lipinski definition) is 5. The zero-order valence-corrected chi connectivity index (χ0v) is 21.3. The molecule has 1 heterocycles. The Hall–Kier alpha value is -1.20. The van der Waals surface area contributed by atoms with E-state index in [2.05, 4.69) is 20.4 Å². The third-order valence-electron chi connectivity index (χ3n) is 11.0. The van der Waals surface area contributed by atoms with Crippen LogP contribution in [0.1, 0.15) is 90.9 Å². The first-order chi connectivity index (χ1) is 16.3. The summed E-state index contributed by atoms with van der Waals surface area (Å²) in [6.07, 6.45) is 15.6. The van der Waals surface area contributed by atoms with Crippen LogP contribution in [0.25, 0.3) is 0 Å². The van der Waals surface area contributed by atoms with E-state index in [-0.39, 0.29) is 30.0 Å². The number of Topliss-reactive ketones (excluding diaryl/α,β-unsaturated/α-hetero) is 1. The molecule has 0 radical (unpaired) electrons. The van der Waals surface area contributed by atoms with Crippen LogP contribution in [0.5, 0.6) is 0 Å². The third-order valence-corrected chi connectivity index (χ3v) is 11.0. The van der Waals surface area contributed by atoms with Gasteiger partial charge in [-0.2, -0.15) is 0 Å². The molecule has 5 rings (SSSR count). The molecule has 5 aliphatic rings. The molecule has 1 saturated heterocycles. The smallest absolute Gasteiger partial charge is 0.330 e. The van der Waals surface area contributed by atoms with Crippen LogP contribution in [0.4, 0.5) is 0 Å². The molecular weight excluding hydrogens is 428 g/mol. The molecule has 0 aromatic rings. The Labute approximate surface area is 205 Å². The van der Waals surface area contributed by atoms with E-state index in [9.17, 15) is 9.59 Å². The van der Waals surface area contributed by atoms with Gasteiger partial charge in [0.05, 0.1) is 6.10 Å². The molecule has 5 heteroatoms. The number of ether oxygens (including phenoxy) is 3. The highest BCUT2D eigenvalue weighted by Gasteiger charge is 2.61. The van der Waals surface area contributed by atoms with Crippen molar-refractivity contribution in [2.24, 2.45) is 40.4 Å². The van der Waals surface area contributed by atoms with E-state index in [1.54, 1.807) is 0 Å². The van der Waals surface area contributed by atoms with E-state index in [1.165, 1.54) is 44.9 Å². The maximum atomic E-state index is 13.0. The molecule has 5 fully saturated rings. The summed E-state index contributed by atoms with van der Waals surface area (Å²) in [6.45, 7) is 9.13. The average Bonchev–Trinajstić information content (AvgIpc) is 3.20. The van der Waals surface area contributed by atoms with Gasteiger partial charge in [0.2, 0.25) is 0 Å². The first-order valence-electron chi connectivity index (χ1n) is 13.9. The number of rotatable bonds is 6. The molecule has 9 atom stereocenters. The topological polar surface area (TPSA) is 61.8 Å². The molecule has 0 N–H and O–H groups in total. The lowest BCUT2D eigenvalue weighted by molar-refractivity contribution is -0.212. The summed E-state index contributed by atoms with van der Waals surface area (Å²) in [4.78, 5) is 24.5. The number of carbonyl (C=O) groups excluding carboxylic acids is 2. The van der Waals surface area contributed by atoms with E-state index in [0.717, 1.165) is 62.5 Å². The van der Waals surface area contributed by atoms with Crippen molar-refractivity contribution in [3.8, 4) is 0 Å². The van der Waals surface area contributed by atoms with Crippen molar-refractivity contribution in [3.63, 3.8) is 0 Å². The van der Waals surface area contributed by atoms with Gasteiger partial charge in [-0.1, -0.05) is 20.4 Å². The average molecular weight is 473 g/mol. The summed E-state index contributed by atoms with van der Waals surface area (Å²) in [5, 5.41) is 0. The predicted molar refractivity (Wildman–Crippen MR) is 130 cm³/mol. The molecule has 0 amide bonds. The largest absolute Gasteiger partial charge is 0.455 e. The first kappa shape index (κ1) is 24.5. The van der Waals surface area contributed by atoms with Crippen molar-refractivity contribution in [1.29, 1.82) is 0 Å². The lowest BCUT2D eigenvalue weighted by atomic mass is 9.44. The molecule has 0 bridgehead atoms. The van der Waals surface area contributed by atoms with Gasteiger partial charge in [-0.3, -0.25) is 4.79 Å². The maximum absolute atomic E-state index is 13.0. The van der Waals surface area contributed by atoms with Gasteiger partial charge in [-0.25, -0.2) is 4.79 Å². The minimum atomic E-state index is -0.502. The number of ketones is 1. The van der Waals surface area contributed by atoms with Gasteiger partial charge in [-0.15, -0.1) is 0 Å². The second-order valence-electron chi connectivity index (χ2n) is 12.4. The Bertz CT molecular complexity index is 787. The molecule has 4 saturated carbocycles. The monoisotopic (exact) mass is 472 g/mol. The Morgan fingerprint density at radius 1 is 0.971 bits per heavy atom. The molecule has 1 aliphatic heterocycles. The van der Waals surface area contributed by atoms with Crippen LogP contribution < -0.4 is 0 Å². The van der Waals surface area contributed by atoms with E-state index in [1.807, 2.05) is 0 Å². The minimum Gasteiger partial charge on any atom is -0.455 e. The summed E-state index contributed by atoms with van der Waals surface area (Å²) in [5.41, 5.74) is 0.458. The van der Waals surface area contributed by atoms with Gasteiger partial charge < -0.3 is 14.2 Å². The predicted octanol–water partition coefficient (Wildman–Crippen LogP) is 5.86. The van der Waals surface area contributed by atoms with Gasteiger partial charge in [-0.05, 0) is 112 Å². The van der Waals surface area contributed by atoms with Crippen molar-refractivity contribution in [3.05, 3.63) is 12.7 Å². The quantitative estimate of drug-likeness (QED) is 0.275. The Balaban J connectivity index is 1.23. The normalized spacial score (nSPS) is 46.0. The Morgan fingerprint density at radius 2 is 1.76 bits per heavy atom. The first-order valence-corrected chi connectivity index (χ1v) is 13.9. The second kappa shape index (κ2) is 9.69. The minimum absolute atomic E-state index is 0.0218. The summed E-state index contributed by atoms with van der Waals surface area (Å²) >= 11 is 0. The highest BCUT2D eigenvalue weighted by Crippen LogP contribution is 2.67. The molecule has 4 aliphatic carbocycles. The van der Waals surface area contributed by atoms with Crippen LogP contribution in [0, 0.1) is 40.4 Å². The molecule has 190 valence electrons. The van der Waals surface area contributed by atoms with Gasteiger partial charge >= 0.3 is 5.97 Å². The summed E-state index contributed by atoms with van der Waals surface area (Å²) in [7, 11) is 0. The van der Waals surface area contributed by atoms with Crippen LogP contribution in [0.2, 0.25) is 0 Å². The van der Waals surface area contributed by atoms with Crippen LogP contribution in [-0.4, -0.2) is 37.4 Å². The van der Waals surface area contributed by atoms with Crippen LogP contribution in [0.3, 0.4) is 0 Å². The SMILES string of the molecule is C=CC(=O)OCC(=O)[C@H]1CC[C@H]2[C@@H]3CC[C@H]4C[C@@H](O[C@H]5CCCCO5)CC[C@]4(C)[C@H]3CC[C@]12C. The van der Waals surface area contributed by atoms with Gasteiger partial charge in [0, 0.05) is 18.6 Å². The van der Waals surface area contributed by atoms with E-state index >= 15 is 0 Å². The van der Waals surface area contributed by atoms with E-state index in [4.69, 9.17) is 14.2 Å². The number of carbonyl (C=O) groups is 2. The molecule has 5 nitrogen and oxygen atoms in total. The molecule has 0 unspecified atom stereocenters. The van der Waals surface area contributed by atoms with E-state index in [0.29, 0.717) is 17.4 Å². The molecule has 0 aromatic heterocycles. The highest BCUT2D eigenvalue weighted by molar-refractivity contribution is 5.88. The van der Waals surface area contributed by atoms with Gasteiger partial charge in [0.15, 0.2) is 18.7 Å². The number of esters is 1. The third kappa shape index (κ3) is 4.30. The number of hydrogen-bond donors (Lipinski definition) is 0. The fraction of sp³-hybridized carbons (Fsp3) is 0.862. The zero-order chi connectivity index (χ0) is 23.9. The maximum Gasteiger partial charge on any atom is 0.330 e. The molecule has 34 heavy (non-hydrogen) atoms. The van der Waals surface area contributed by atoms with Crippen molar-refractivity contribution in [1.82, 2.24) is 0 Å². The molecular formula is C29H44O5. The van der Waals surface area contributed by atoms with Crippen LogP contribution in [-0.2, 0) is 23.8 Å². The van der Waals surface area contributed by atoms with Gasteiger partial charge in [0.25, 0.3) is 0 Å². The lowest BCUT2D eigenvalue weighted by Crippen LogP contribution is -2.54.